The van der Waals surface area contributed by atoms with Gasteiger partial charge in [-0.3, -0.25) is 0 Å². The van der Waals surface area contributed by atoms with Crippen LogP contribution in [0, 0.1) is 0 Å². The Kier molecular flexibility index (Phi) is 2.39. The van der Waals surface area contributed by atoms with Crippen molar-refractivity contribution in [2.75, 3.05) is 5.75 Å². The van der Waals surface area contributed by atoms with Crippen LogP contribution in [0.25, 0.3) is 0 Å². The van der Waals surface area contributed by atoms with Gasteiger partial charge < -0.3 is 10.2 Å². The zero-order chi connectivity index (χ0) is 7.61. The lowest BCUT2D eigenvalue weighted by molar-refractivity contribution is 0.00385. The van der Waals surface area contributed by atoms with Gasteiger partial charge in [0.1, 0.15) is 11.0 Å². The molecule has 1 heterocycles. The third-order valence-electron chi connectivity index (χ3n) is 1.75. The number of hydrogen-bond acceptors (Lipinski definition) is 3. The van der Waals surface area contributed by atoms with E-state index in [9.17, 15) is 10.2 Å². The summed E-state index contributed by atoms with van der Waals surface area (Å²) in [5.74, 6) is 0.795. The molecule has 0 amide bonds. The van der Waals surface area contributed by atoms with Crippen LogP contribution in [0.3, 0.4) is 0 Å². The molecule has 0 bridgehead atoms. The molecule has 0 aromatic rings. The Labute approximate surface area is 64.9 Å². The molecule has 2 N–H and O–H groups in total. The van der Waals surface area contributed by atoms with E-state index in [1.165, 1.54) is 11.8 Å². The molecule has 3 heteroatoms. The van der Waals surface area contributed by atoms with Crippen molar-refractivity contribution in [1.29, 1.82) is 0 Å². The quantitative estimate of drug-likeness (QED) is 0.556. The molecule has 0 aromatic carbocycles. The number of hydrogen-bond donors (Lipinski definition) is 2. The minimum atomic E-state index is -0.983. The third kappa shape index (κ3) is 1.36. The standard InChI is InChI=1S/C7H12O2S/c1-2-7(9)4-3-5-10-6(7)8/h3-4,6,8-9H,2,5H2,1H3/t6?,7-/m1/s1. The molecule has 0 saturated heterocycles. The van der Waals surface area contributed by atoms with E-state index in [-0.39, 0.29) is 0 Å². The molecular formula is C7H12O2S. The van der Waals surface area contributed by atoms with Crippen molar-refractivity contribution in [3.8, 4) is 0 Å². The van der Waals surface area contributed by atoms with Gasteiger partial charge in [0.05, 0.1) is 0 Å². The van der Waals surface area contributed by atoms with Gasteiger partial charge in [0.15, 0.2) is 0 Å². The normalized spacial score (nSPS) is 40.1. The maximum Gasteiger partial charge on any atom is 0.132 e. The van der Waals surface area contributed by atoms with Crippen LogP contribution in [0.4, 0.5) is 0 Å². The van der Waals surface area contributed by atoms with E-state index in [4.69, 9.17) is 0 Å². The van der Waals surface area contributed by atoms with Gasteiger partial charge in [-0.25, -0.2) is 0 Å². The molecule has 0 aromatic heterocycles. The predicted octanol–water partition coefficient (Wildman–Crippen LogP) is 0.749. The summed E-state index contributed by atoms with van der Waals surface area (Å²) in [4.78, 5) is 0. The molecule has 2 atom stereocenters. The van der Waals surface area contributed by atoms with Crippen molar-refractivity contribution in [3.05, 3.63) is 12.2 Å². The van der Waals surface area contributed by atoms with Gasteiger partial charge in [-0.05, 0) is 6.42 Å². The maximum absolute atomic E-state index is 9.59. The molecule has 0 spiro atoms. The van der Waals surface area contributed by atoms with Crippen LogP contribution < -0.4 is 0 Å². The highest BCUT2D eigenvalue weighted by molar-refractivity contribution is 8.00. The van der Waals surface area contributed by atoms with Crippen LogP contribution in [0.2, 0.25) is 0 Å². The fourth-order valence-corrected chi connectivity index (χ4v) is 1.84. The molecule has 2 nitrogen and oxygen atoms in total. The van der Waals surface area contributed by atoms with Crippen molar-refractivity contribution in [3.63, 3.8) is 0 Å². The first-order valence-electron chi connectivity index (χ1n) is 3.39. The largest absolute Gasteiger partial charge is 0.382 e. The van der Waals surface area contributed by atoms with E-state index in [1.54, 1.807) is 6.08 Å². The van der Waals surface area contributed by atoms with Gasteiger partial charge in [0.25, 0.3) is 0 Å². The Morgan fingerprint density at radius 3 is 2.90 bits per heavy atom. The van der Waals surface area contributed by atoms with Crippen LogP contribution in [0.1, 0.15) is 13.3 Å². The molecule has 0 radical (unpaired) electrons. The Morgan fingerprint density at radius 1 is 1.80 bits per heavy atom. The molecule has 0 fully saturated rings. The smallest absolute Gasteiger partial charge is 0.132 e. The Hall–Kier alpha value is 0.01000. The summed E-state index contributed by atoms with van der Waals surface area (Å²) in [6.45, 7) is 1.86. The lowest BCUT2D eigenvalue weighted by Crippen LogP contribution is -2.39. The molecule has 10 heavy (non-hydrogen) atoms. The first kappa shape index (κ1) is 8.11. The summed E-state index contributed by atoms with van der Waals surface area (Å²) in [5.41, 5.74) is -1.63. The molecule has 1 rings (SSSR count). The van der Waals surface area contributed by atoms with E-state index in [1.807, 2.05) is 13.0 Å². The second-order valence-electron chi connectivity index (χ2n) is 2.43. The SMILES string of the molecule is CC[C@@]1(O)C=CCSC1O. The average Bonchev–Trinajstić information content (AvgIpc) is 1.96. The molecule has 0 saturated carbocycles. The van der Waals surface area contributed by atoms with Gasteiger partial charge in [0.2, 0.25) is 0 Å². The number of rotatable bonds is 1. The highest BCUT2D eigenvalue weighted by atomic mass is 32.2. The summed E-state index contributed by atoms with van der Waals surface area (Å²) < 4.78 is 0. The van der Waals surface area contributed by atoms with E-state index in [0.717, 1.165) is 5.75 Å². The first-order valence-corrected chi connectivity index (χ1v) is 4.43. The Balaban J connectivity index is 2.71. The maximum atomic E-state index is 9.59. The van der Waals surface area contributed by atoms with Crippen LogP contribution in [0.5, 0.6) is 0 Å². The minimum Gasteiger partial charge on any atom is -0.382 e. The van der Waals surface area contributed by atoms with Crippen molar-refractivity contribution in [2.24, 2.45) is 0 Å². The highest BCUT2D eigenvalue weighted by Crippen LogP contribution is 2.29. The third-order valence-corrected chi connectivity index (χ3v) is 2.86. The summed E-state index contributed by atoms with van der Waals surface area (Å²) in [5, 5.41) is 18.9. The van der Waals surface area contributed by atoms with Gasteiger partial charge in [-0.2, -0.15) is 0 Å². The van der Waals surface area contributed by atoms with Crippen molar-refractivity contribution in [2.45, 2.75) is 24.4 Å². The first-order chi connectivity index (χ1) is 4.69. The lowest BCUT2D eigenvalue weighted by atomic mass is 10.0. The van der Waals surface area contributed by atoms with Crippen LogP contribution >= 0.6 is 11.8 Å². The fourth-order valence-electron chi connectivity index (χ4n) is 0.918. The number of aliphatic hydroxyl groups is 2. The number of aliphatic hydroxyl groups excluding tert-OH is 1. The average molecular weight is 160 g/mol. The lowest BCUT2D eigenvalue weighted by Gasteiger charge is -2.30. The molecule has 1 unspecified atom stereocenters. The molecule has 0 aliphatic carbocycles. The Bertz CT molecular complexity index is 147. The second kappa shape index (κ2) is 2.95. The molecule has 58 valence electrons. The monoisotopic (exact) mass is 160 g/mol. The topological polar surface area (TPSA) is 40.5 Å². The zero-order valence-corrected chi connectivity index (χ0v) is 6.77. The van der Waals surface area contributed by atoms with Crippen LogP contribution in [0.15, 0.2) is 12.2 Å². The van der Waals surface area contributed by atoms with E-state index < -0.39 is 11.0 Å². The Morgan fingerprint density at radius 2 is 2.50 bits per heavy atom. The minimum absolute atomic E-state index is 0.567. The highest BCUT2D eigenvalue weighted by Gasteiger charge is 2.32. The van der Waals surface area contributed by atoms with E-state index >= 15 is 0 Å². The molecule has 1 aliphatic rings. The predicted molar refractivity (Wildman–Crippen MR) is 42.8 cm³/mol. The summed E-state index contributed by atoms with van der Waals surface area (Å²) in [6.07, 6.45) is 4.15. The summed E-state index contributed by atoms with van der Waals surface area (Å²) >= 11 is 1.37. The van der Waals surface area contributed by atoms with E-state index in [0.29, 0.717) is 6.42 Å². The van der Waals surface area contributed by atoms with Crippen molar-refractivity contribution < 1.29 is 10.2 Å². The molecular weight excluding hydrogens is 148 g/mol. The van der Waals surface area contributed by atoms with Gasteiger partial charge in [-0.15, -0.1) is 11.8 Å². The molecule has 1 aliphatic heterocycles. The van der Waals surface area contributed by atoms with Gasteiger partial charge in [-0.1, -0.05) is 19.1 Å². The zero-order valence-electron chi connectivity index (χ0n) is 5.95. The van der Waals surface area contributed by atoms with Crippen molar-refractivity contribution in [1.82, 2.24) is 0 Å². The van der Waals surface area contributed by atoms with Gasteiger partial charge >= 0.3 is 0 Å². The second-order valence-corrected chi connectivity index (χ2v) is 3.55. The van der Waals surface area contributed by atoms with Crippen molar-refractivity contribution >= 4 is 11.8 Å². The van der Waals surface area contributed by atoms with Gasteiger partial charge in [0, 0.05) is 5.75 Å². The van der Waals surface area contributed by atoms with Crippen LogP contribution in [-0.2, 0) is 0 Å². The van der Waals surface area contributed by atoms with E-state index in [2.05, 4.69) is 0 Å². The van der Waals surface area contributed by atoms with Crippen LogP contribution in [-0.4, -0.2) is 27.0 Å². The summed E-state index contributed by atoms with van der Waals surface area (Å²) in [6, 6.07) is 0. The fraction of sp³-hybridized carbons (Fsp3) is 0.714. The summed E-state index contributed by atoms with van der Waals surface area (Å²) in [7, 11) is 0. The number of thioether (sulfide) groups is 1.